The second-order valence-corrected chi connectivity index (χ2v) is 8.72. The number of phenolic OH excluding ortho intramolecular Hbond substituents is 1. The first-order valence-electron chi connectivity index (χ1n) is 9.95. The van der Waals surface area contributed by atoms with E-state index in [1.807, 2.05) is 30.3 Å². The van der Waals surface area contributed by atoms with Crippen LogP contribution in [0.2, 0.25) is 0 Å². The Morgan fingerprint density at radius 3 is 2.74 bits per heavy atom. The fourth-order valence-corrected chi connectivity index (χ4v) is 4.97. The predicted octanol–water partition coefficient (Wildman–Crippen LogP) is 2.64. The number of nitrogens with zero attached hydrogens (tertiary/aromatic N) is 1. The number of rotatable bonds is 6. The van der Waals surface area contributed by atoms with Crippen molar-refractivity contribution < 1.29 is 29.9 Å². The Morgan fingerprint density at radius 1 is 1.19 bits per heavy atom. The second-order valence-electron chi connectivity index (χ2n) is 7.55. The number of aliphatic hydroxyl groups excluding tert-OH is 3. The summed E-state index contributed by atoms with van der Waals surface area (Å²) in [6.07, 6.45) is -3.40. The highest BCUT2D eigenvalue weighted by Gasteiger charge is 2.39. The number of aliphatic hydroxyl groups is 3. The standard InChI is InChI=1S/C23H23NO6S/c24-5-6-29-20-11-18(26)17(23-22(28)19(27)10-15(12-25)30-23)9-14(20)8-16-7-13-3-1-2-4-21(13)31-16/h1-4,7,9,11,15,19,22-23,25-28H,6,8,10,12H2/t15-,19-,22?,23-/m0/s1. The molecule has 1 aliphatic rings. The molecule has 0 amide bonds. The Bertz CT molecular complexity index is 1070. The average molecular weight is 442 g/mol. The van der Waals surface area contributed by atoms with Crippen LogP contribution in [0.3, 0.4) is 0 Å². The summed E-state index contributed by atoms with van der Waals surface area (Å²) in [5.74, 6) is 0.188. The van der Waals surface area contributed by atoms with Gasteiger partial charge < -0.3 is 29.9 Å². The molecule has 1 saturated heterocycles. The van der Waals surface area contributed by atoms with E-state index in [2.05, 4.69) is 6.07 Å². The van der Waals surface area contributed by atoms with Crippen molar-refractivity contribution in [2.45, 2.75) is 37.3 Å². The minimum absolute atomic E-state index is 0.104. The lowest BCUT2D eigenvalue weighted by atomic mass is 9.91. The summed E-state index contributed by atoms with van der Waals surface area (Å²) >= 11 is 1.64. The van der Waals surface area contributed by atoms with Crippen molar-refractivity contribution in [1.82, 2.24) is 0 Å². The SMILES string of the molecule is N#CCOc1cc(O)c([C@@H]2O[C@H](CO)C[C@H](O)C2O)cc1Cc1cc2ccccc2s1. The molecule has 0 spiro atoms. The number of hydrogen-bond acceptors (Lipinski definition) is 8. The number of fused-ring (bicyclic) bond motifs is 1. The van der Waals surface area contributed by atoms with Gasteiger partial charge in [-0.05, 0) is 23.6 Å². The maximum atomic E-state index is 10.6. The number of thiophene rings is 1. The van der Waals surface area contributed by atoms with Gasteiger partial charge in [-0.25, -0.2) is 0 Å². The van der Waals surface area contributed by atoms with E-state index in [0.29, 0.717) is 23.3 Å². The lowest BCUT2D eigenvalue weighted by molar-refractivity contribution is -0.180. The summed E-state index contributed by atoms with van der Waals surface area (Å²) in [6, 6.07) is 15.1. The molecule has 4 atom stereocenters. The quantitative estimate of drug-likeness (QED) is 0.464. The van der Waals surface area contributed by atoms with Gasteiger partial charge in [0, 0.05) is 39.6 Å². The van der Waals surface area contributed by atoms with Crippen LogP contribution in [-0.4, -0.2) is 52.0 Å². The van der Waals surface area contributed by atoms with Crippen LogP contribution in [0.4, 0.5) is 0 Å². The van der Waals surface area contributed by atoms with Gasteiger partial charge in [-0.3, -0.25) is 0 Å². The summed E-state index contributed by atoms with van der Waals surface area (Å²) in [4.78, 5) is 1.07. The zero-order valence-electron chi connectivity index (χ0n) is 16.6. The monoisotopic (exact) mass is 441 g/mol. The van der Waals surface area contributed by atoms with Crippen LogP contribution in [-0.2, 0) is 11.2 Å². The van der Waals surface area contributed by atoms with E-state index in [-0.39, 0.29) is 25.4 Å². The molecule has 7 nitrogen and oxygen atoms in total. The van der Waals surface area contributed by atoms with Crippen molar-refractivity contribution in [2.24, 2.45) is 0 Å². The van der Waals surface area contributed by atoms with Gasteiger partial charge in [0.15, 0.2) is 6.61 Å². The highest BCUT2D eigenvalue weighted by molar-refractivity contribution is 7.19. The van der Waals surface area contributed by atoms with Gasteiger partial charge in [-0.15, -0.1) is 11.3 Å². The van der Waals surface area contributed by atoms with E-state index >= 15 is 0 Å². The highest BCUT2D eigenvalue weighted by atomic mass is 32.1. The van der Waals surface area contributed by atoms with Crippen LogP contribution >= 0.6 is 11.3 Å². The molecule has 0 bridgehead atoms. The fourth-order valence-electron chi connectivity index (χ4n) is 3.88. The topological polar surface area (TPSA) is 123 Å². The normalized spacial score (nSPS) is 23.5. The molecule has 2 heterocycles. The molecule has 162 valence electrons. The van der Waals surface area contributed by atoms with Crippen molar-refractivity contribution in [1.29, 1.82) is 5.26 Å². The Hall–Kier alpha value is -2.67. The number of phenols is 1. The van der Waals surface area contributed by atoms with E-state index in [1.165, 1.54) is 6.07 Å². The molecule has 4 N–H and O–H groups in total. The summed E-state index contributed by atoms with van der Waals surface area (Å²) in [5.41, 5.74) is 1.01. The van der Waals surface area contributed by atoms with Crippen LogP contribution in [0.1, 0.15) is 28.5 Å². The second kappa shape index (κ2) is 9.22. The first kappa shape index (κ1) is 21.6. The Morgan fingerprint density at radius 2 is 2.00 bits per heavy atom. The fraction of sp³-hybridized carbons (Fsp3) is 0.348. The molecule has 2 aromatic carbocycles. The van der Waals surface area contributed by atoms with Gasteiger partial charge in [-0.2, -0.15) is 5.26 Å². The van der Waals surface area contributed by atoms with Gasteiger partial charge in [0.25, 0.3) is 0 Å². The molecule has 1 aromatic heterocycles. The van der Waals surface area contributed by atoms with E-state index < -0.39 is 24.4 Å². The van der Waals surface area contributed by atoms with E-state index in [9.17, 15) is 20.4 Å². The molecule has 3 aromatic rings. The molecule has 1 aliphatic heterocycles. The zero-order chi connectivity index (χ0) is 22.0. The number of nitriles is 1. The van der Waals surface area contributed by atoms with Crippen molar-refractivity contribution in [3.8, 4) is 17.6 Å². The van der Waals surface area contributed by atoms with Gasteiger partial charge in [-0.1, -0.05) is 18.2 Å². The third kappa shape index (κ3) is 4.51. The summed E-state index contributed by atoms with van der Waals surface area (Å²) in [5, 5.41) is 50.8. The molecule has 0 saturated carbocycles. The van der Waals surface area contributed by atoms with Crippen LogP contribution in [0.15, 0.2) is 42.5 Å². The smallest absolute Gasteiger partial charge is 0.174 e. The molecule has 31 heavy (non-hydrogen) atoms. The van der Waals surface area contributed by atoms with E-state index in [4.69, 9.17) is 14.7 Å². The van der Waals surface area contributed by atoms with E-state index in [0.717, 1.165) is 15.0 Å². The van der Waals surface area contributed by atoms with Gasteiger partial charge in [0.05, 0.1) is 18.8 Å². The maximum absolute atomic E-state index is 10.6. The number of hydrogen-bond donors (Lipinski definition) is 4. The minimum atomic E-state index is -1.25. The third-order valence-electron chi connectivity index (χ3n) is 5.40. The minimum Gasteiger partial charge on any atom is -0.507 e. The van der Waals surface area contributed by atoms with Crippen molar-refractivity contribution >= 4 is 21.4 Å². The molecule has 0 aliphatic carbocycles. The largest absolute Gasteiger partial charge is 0.507 e. The molecular weight excluding hydrogens is 418 g/mol. The van der Waals surface area contributed by atoms with Crippen molar-refractivity contribution in [3.63, 3.8) is 0 Å². The third-order valence-corrected chi connectivity index (χ3v) is 6.52. The lowest BCUT2D eigenvalue weighted by Crippen LogP contribution is -2.44. The molecule has 4 rings (SSSR count). The number of benzene rings is 2. The lowest BCUT2D eigenvalue weighted by Gasteiger charge is -2.37. The molecule has 1 unspecified atom stereocenters. The predicted molar refractivity (Wildman–Crippen MR) is 115 cm³/mol. The Labute approximate surface area is 183 Å². The van der Waals surface area contributed by atoms with E-state index in [1.54, 1.807) is 17.4 Å². The summed E-state index contributed by atoms with van der Waals surface area (Å²) in [6.45, 7) is -0.481. The number of ether oxygens (including phenoxy) is 2. The van der Waals surface area contributed by atoms with Crippen LogP contribution < -0.4 is 4.74 Å². The maximum Gasteiger partial charge on any atom is 0.174 e. The van der Waals surface area contributed by atoms with Crippen LogP contribution in [0, 0.1) is 11.3 Å². The van der Waals surface area contributed by atoms with Gasteiger partial charge >= 0.3 is 0 Å². The first-order chi connectivity index (χ1) is 15.0. The van der Waals surface area contributed by atoms with Crippen LogP contribution in [0.5, 0.6) is 11.5 Å². The zero-order valence-corrected chi connectivity index (χ0v) is 17.5. The Balaban J connectivity index is 1.72. The average Bonchev–Trinajstić information content (AvgIpc) is 3.18. The Kier molecular flexibility index (Phi) is 6.41. The molecular formula is C23H23NO6S. The summed E-state index contributed by atoms with van der Waals surface area (Å²) < 4.78 is 12.4. The molecule has 8 heteroatoms. The first-order valence-corrected chi connectivity index (χ1v) is 10.8. The van der Waals surface area contributed by atoms with Crippen LogP contribution in [0.25, 0.3) is 10.1 Å². The summed E-state index contributed by atoms with van der Waals surface area (Å²) in [7, 11) is 0. The van der Waals surface area contributed by atoms with Crippen molar-refractivity contribution in [3.05, 3.63) is 58.5 Å². The van der Waals surface area contributed by atoms with Gasteiger partial charge in [0.2, 0.25) is 0 Å². The number of aromatic hydroxyl groups is 1. The van der Waals surface area contributed by atoms with Gasteiger partial charge in [0.1, 0.15) is 29.8 Å². The highest BCUT2D eigenvalue weighted by Crippen LogP contribution is 2.40. The molecule has 1 fully saturated rings. The molecule has 0 radical (unpaired) electrons. The van der Waals surface area contributed by atoms with Crippen molar-refractivity contribution in [2.75, 3.05) is 13.2 Å².